The molecular formula is C17H19BrFNO. The minimum absolute atomic E-state index is 0.232. The van der Waals surface area contributed by atoms with Crippen molar-refractivity contribution in [1.82, 2.24) is 5.32 Å². The molecular weight excluding hydrogens is 333 g/mol. The fourth-order valence-electron chi connectivity index (χ4n) is 1.86. The summed E-state index contributed by atoms with van der Waals surface area (Å²) in [6.07, 6.45) is 0. The van der Waals surface area contributed by atoms with Gasteiger partial charge in [0.25, 0.3) is 0 Å². The Kier molecular flexibility index (Phi) is 5.37. The van der Waals surface area contributed by atoms with Gasteiger partial charge in [0.2, 0.25) is 0 Å². The van der Waals surface area contributed by atoms with E-state index in [1.165, 1.54) is 6.07 Å². The van der Waals surface area contributed by atoms with Crippen LogP contribution in [0.2, 0.25) is 0 Å². The van der Waals surface area contributed by atoms with E-state index in [9.17, 15) is 4.39 Å². The van der Waals surface area contributed by atoms with E-state index in [1.807, 2.05) is 19.1 Å². The van der Waals surface area contributed by atoms with Crippen LogP contribution in [0, 0.1) is 12.7 Å². The van der Waals surface area contributed by atoms with Crippen molar-refractivity contribution in [3.05, 3.63) is 57.8 Å². The normalized spacial score (nSPS) is 11.0. The lowest BCUT2D eigenvalue weighted by Crippen LogP contribution is -2.21. The Morgan fingerprint density at radius 1 is 1.14 bits per heavy atom. The number of benzene rings is 2. The third-order valence-corrected chi connectivity index (χ3v) is 3.57. The first kappa shape index (κ1) is 16.0. The van der Waals surface area contributed by atoms with E-state index in [0.29, 0.717) is 16.3 Å². The van der Waals surface area contributed by atoms with Crippen LogP contribution in [0.3, 0.4) is 0 Å². The first-order valence-corrected chi connectivity index (χ1v) is 7.71. The SMILES string of the molecule is Cc1ccc(CNC(C)C)cc1Oc1ccc(Br)cc1F. The van der Waals surface area contributed by atoms with Gasteiger partial charge < -0.3 is 10.1 Å². The summed E-state index contributed by atoms with van der Waals surface area (Å²) < 4.78 is 20.3. The second-order valence-corrected chi connectivity index (χ2v) is 6.23. The fraction of sp³-hybridized carbons (Fsp3) is 0.294. The van der Waals surface area contributed by atoms with Crippen LogP contribution < -0.4 is 10.1 Å². The van der Waals surface area contributed by atoms with Crippen molar-refractivity contribution < 1.29 is 9.13 Å². The van der Waals surface area contributed by atoms with Crippen LogP contribution in [0.25, 0.3) is 0 Å². The van der Waals surface area contributed by atoms with Gasteiger partial charge in [0, 0.05) is 17.1 Å². The Bertz CT molecular complexity index is 628. The van der Waals surface area contributed by atoms with E-state index in [2.05, 4.69) is 41.2 Å². The molecule has 0 aliphatic heterocycles. The zero-order valence-corrected chi connectivity index (χ0v) is 14.0. The number of halogens is 2. The highest BCUT2D eigenvalue weighted by atomic mass is 79.9. The van der Waals surface area contributed by atoms with E-state index in [1.54, 1.807) is 12.1 Å². The molecule has 0 bridgehead atoms. The zero-order chi connectivity index (χ0) is 15.4. The lowest BCUT2D eigenvalue weighted by Gasteiger charge is -2.13. The molecule has 21 heavy (non-hydrogen) atoms. The summed E-state index contributed by atoms with van der Waals surface area (Å²) in [4.78, 5) is 0. The molecule has 2 aromatic rings. The second kappa shape index (κ2) is 7.05. The largest absolute Gasteiger partial charge is 0.454 e. The van der Waals surface area contributed by atoms with Crippen molar-refractivity contribution in [1.29, 1.82) is 0 Å². The summed E-state index contributed by atoms with van der Waals surface area (Å²) in [5.41, 5.74) is 2.09. The molecule has 4 heteroatoms. The molecule has 2 rings (SSSR count). The summed E-state index contributed by atoms with van der Waals surface area (Å²) in [5, 5.41) is 3.36. The minimum Gasteiger partial charge on any atom is -0.454 e. The maximum atomic E-state index is 13.9. The molecule has 0 aliphatic rings. The van der Waals surface area contributed by atoms with Crippen LogP contribution in [0.4, 0.5) is 4.39 Å². The maximum absolute atomic E-state index is 13.9. The highest BCUT2D eigenvalue weighted by Gasteiger charge is 2.08. The quantitative estimate of drug-likeness (QED) is 0.800. The molecule has 112 valence electrons. The summed E-state index contributed by atoms with van der Waals surface area (Å²) >= 11 is 3.24. The first-order valence-electron chi connectivity index (χ1n) is 6.91. The predicted octanol–water partition coefficient (Wildman–Crippen LogP) is 5.19. The molecule has 0 atom stereocenters. The van der Waals surface area contributed by atoms with Crippen LogP contribution in [0.5, 0.6) is 11.5 Å². The molecule has 0 spiro atoms. The van der Waals surface area contributed by atoms with Crippen LogP contribution >= 0.6 is 15.9 Å². The molecule has 0 saturated carbocycles. The Balaban J connectivity index is 2.20. The van der Waals surface area contributed by atoms with Gasteiger partial charge >= 0.3 is 0 Å². The van der Waals surface area contributed by atoms with Crippen molar-refractivity contribution in [2.45, 2.75) is 33.4 Å². The first-order chi connectivity index (χ1) is 9.95. The van der Waals surface area contributed by atoms with Gasteiger partial charge in [0.05, 0.1) is 0 Å². The Morgan fingerprint density at radius 3 is 2.57 bits per heavy atom. The second-order valence-electron chi connectivity index (χ2n) is 5.31. The number of hydrogen-bond donors (Lipinski definition) is 1. The van der Waals surface area contributed by atoms with Gasteiger partial charge in [0.15, 0.2) is 11.6 Å². The number of aryl methyl sites for hydroxylation is 1. The highest BCUT2D eigenvalue weighted by Crippen LogP contribution is 2.29. The molecule has 2 nitrogen and oxygen atoms in total. The van der Waals surface area contributed by atoms with Gasteiger partial charge in [-0.3, -0.25) is 0 Å². The van der Waals surface area contributed by atoms with Gasteiger partial charge in [-0.15, -0.1) is 0 Å². The average Bonchev–Trinajstić information content (AvgIpc) is 2.42. The van der Waals surface area contributed by atoms with Gasteiger partial charge in [-0.1, -0.05) is 41.9 Å². The molecule has 0 aromatic heterocycles. The topological polar surface area (TPSA) is 21.3 Å². The van der Waals surface area contributed by atoms with Gasteiger partial charge in [0.1, 0.15) is 5.75 Å². The monoisotopic (exact) mass is 351 g/mol. The van der Waals surface area contributed by atoms with Crippen LogP contribution in [-0.2, 0) is 6.54 Å². The van der Waals surface area contributed by atoms with Crippen molar-refractivity contribution in [3.63, 3.8) is 0 Å². The smallest absolute Gasteiger partial charge is 0.166 e. The summed E-state index contributed by atoms with van der Waals surface area (Å²) in [6.45, 7) is 6.91. The fourth-order valence-corrected chi connectivity index (χ4v) is 2.20. The van der Waals surface area contributed by atoms with Crippen LogP contribution in [0.1, 0.15) is 25.0 Å². The number of ether oxygens (including phenoxy) is 1. The van der Waals surface area contributed by atoms with Gasteiger partial charge in [-0.25, -0.2) is 4.39 Å². The summed E-state index contributed by atoms with van der Waals surface area (Å²) in [7, 11) is 0. The summed E-state index contributed by atoms with van der Waals surface area (Å²) in [6, 6.07) is 11.2. The van der Waals surface area contributed by atoms with E-state index in [0.717, 1.165) is 17.7 Å². The van der Waals surface area contributed by atoms with E-state index < -0.39 is 0 Å². The molecule has 0 radical (unpaired) electrons. The standard InChI is InChI=1S/C17H19BrFNO/c1-11(2)20-10-13-5-4-12(3)17(8-13)21-16-7-6-14(18)9-15(16)19/h4-9,11,20H,10H2,1-3H3. The Labute approximate surface area is 133 Å². The third-order valence-electron chi connectivity index (χ3n) is 3.08. The lowest BCUT2D eigenvalue weighted by molar-refractivity contribution is 0.438. The Morgan fingerprint density at radius 2 is 1.90 bits per heavy atom. The predicted molar refractivity (Wildman–Crippen MR) is 87.3 cm³/mol. The molecule has 0 fully saturated rings. The van der Waals surface area contributed by atoms with Gasteiger partial charge in [-0.2, -0.15) is 0 Å². The van der Waals surface area contributed by atoms with Gasteiger partial charge in [-0.05, 0) is 42.3 Å². The van der Waals surface area contributed by atoms with Crippen LogP contribution in [0.15, 0.2) is 40.9 Å². The lowest BCUT2D eigenvalue weighted by atomic mass is 10.1. The minimum atomic E-state index is -0.380. The van der Waals surface area contributed by atoms with E-state index >= 15 is 0 Å². The van der Waals surface area contributed by atoms with Crippen LogP contribution in [-0.4, -0.2) is 6.04 Å². The van der Waals surface area contributed by atoms with Crippen molar-refractivity contribution in [2.24, 2.45) is 0 Å². The molecule has 0 amide bonds. The Hall–Kier alpha value is -1.39. The molecule has 0 aliphatic carbocycles. The van der Waals surface area contributed by atoms with E-state index in [-0.39, 0.29) is 11.6 Å². The molecule has 1 N–H and O–H groups in total. The maximum Gasteiger partial charge on any atom is 0.166 e. The molecule has 2 aromatic carbocycles. The summed E-state index contributed by atoms with van der Waals surface area (Å²) in [5.74, 6) is 0.532. The third kappa shape index (κ3) is 4.55. The zero-order valence-electron chi connectivity index (χ0n) is 12.4. The number of hydrogen-bond acceptors (Lipinski definition) is 2. The average molecular weight is 352 g/mol. The number of nitrogens with one attached hydrogen (secondary N) is 1. The van der Waals surface area contributed by atoms with Crippen molar-refractivity contribution in [2.75, 3.05) is 0 Å². The van der Waals surface area contributed by atoms with Crippen molar-refractivity contribution in [3.8, 4) is 11.5 Å². The number of rotatable bonds is 5. The molecule has 0 saturated heterocycles. The van der Waals surface area contributed by atoms with Crippen molar-refractivity contribution >= 4 is 15.9 Å². The molecule has 0 heterocycles. The molecule has 0 unspecified atom stereocenters. The van der Waals surface area contributed by atoms with E-state index in [4.69, 9.17) is 4.74 Å². The highest BCUT2D eigenvalue weighted by molar-refractivity contribution is 9.10.